The van der Waals surface area contributed by atoms with Crippen LogP contribution in [0.15, 0.2) is 31.1 Å². The molecule has 0 spiro atoms. The average molecular weight is 269 g/mol. The van der Waals surface area contributed by atoms with Crippen LogP contribution in [0.1, 0.15) is 9.67 Å². The highest BCUT2D eigenvalue weighted by atomic mass is 32.2. The number of rotatable bonds is 3. The first kappa shape index (κ1) is 11.8. The van der Waals surface area contributed by atoms with E-state index in [0.717, 1.165) is 10.5 Å². The van der Waals surface area contributed by atoms with Crippen LogP contribution in [0.2, 0.25) is 0 Å². The third-order valence-electron chi connectivity index (χ3n) is 1.86. The van der Waals surface area contributed by atoms with Crippen LogP contribution < -0.4 is 11.1 Å². The van der Waals surface area contributed by atoms with Crippen molar-refractivity contribution in [3.05, 3.63) is 37.7 Å². The number of aromatic nitrogens is 3. The molecule has 88 valence electrons. The molecule has 0 bridgehead atoms. The van der Waals surface area contributed by atoms with Crippen LogP contribution in [0.3, 0.4) is 0 Å². The van der Waals surface area contributed by atoms with Crippen molar-refractivity contribution < 1.29 is 4.79 Å². The number of aromatic amines is 1. The number of thiophene rings is 1. The first-order valence-electron chi connectivity index (χ1n) is 4.50. The summed E-state index contributed by atoms with van der Waals surface area (Å²) in [4.78, 5) is 36.9. The maximum absolute atomic E-state index is 11.1. The first-order chi connectivity index (χ1) is 8.10. The van der Waals surface area contributed by atoms with Gasteiger partial charge in [0.1, 0.15) is 0 Å². The third kappa shape index (κ3) is 2.53. The highest BCUT2D eigenvalue weighted by molar-refractivity contribution is 8.01. The van der Waals surface area contributed by atoms with Crippen molar-refractivity contribution in [2.75, 3.05) is 0 Å². The highest BCUT2D eigenvalue weighted by Gasteiger charge is 2.07. The first-order valence-corrected chi connectivity index (χ1v) is 6.13. The van der Waals surface area contributed by atoms with Gasteiger partial charge in [-0.25, -0.2) is 0 Å². The van der Waals surface area contributed by atoms with Crippen LogP contribution in [0.5, 0.6) is 0 Å². The van der Waals surface area contributed by atoms with E-state index in [9.17, 15) is 14.4 Å². The molecule has 0 atom stereocenters. The molecular formula is C9H7N3O3S2. The smallest absolute Gasteiger partial charge is 0.297 e. The summed E-state index contributed by atoms with van der Waals surface area (Å²) in [5, 5.41) is 2.72. The van der Waals surface area contributed by atoms with Crippen molar-refractivity contribution in [1.82, 2.24) is 14.8 Å². The Balaban J connectivity index is 2.36. The Morgan fingerprint density at radius 2 is 2.24 bits per heavy atom. The SMILES string of the molecule is Cn1[nH]c(=O)c(=O)nc1Sc1ccc(C=O)s1. The number of carbonyl (C=O) groups is 1. The molecule has 0 aliphatic carbocycles. The minimum Gasteiger partial charge on any atom is -0.297 e. The van der Waals surface area contributed by atoms with E-state index in [0.29, 0.717) is 10.0 Å². The van der Waals surface area contributed by atoms with E-state index < -0.39 is 11.1 Å². The monoisotopic (exact) mass is 269 g/mol. The molecule has 2 aromatic rings. The molecule has 0 radical (unpaired) electrons. The molecule has 0 aliphatic rings. The zero-order valence-electron chi connectivity index (χ0n) is 8.67. The Morgan fingerprint density at radius 1 is 1.47 bits per heavy atom. The standard InChI is InChI=1S/C9H7N3O3S2/c1-12-9(10-7(14)8(15)11-12)17-6-3-2-5(4-13)16-6/h2-4H,1H3,(H,11,15). The topological polar surface area (TPSA) is 84.8 Å². The molecule has 2 heterocycles. The molecule has 8 heteroatoms. The van der Waals surface area contributed by atoms with Crippen LogP contribution in [0.25, 0.3) is 0 Å². The molecule has 0 unspecified atom stereocenters. The molecule has 2 aromatic heterocycles. The number of nitrogens with one attached hydrogen (secondary N) is 1. The van der Waals surface area contributed by atoms with E-state index in [1.165, 1.54) is 27.8 Å². The predicted octanol–water partition coefficient (Wildman–Crippen LogP) is 0.494. The van der Waals surface area contributed by atoms with Gasteiger partial charge in [-0.3, -0.25) is 24.2 Å². The second kappa shape index (κ2) is 4.68. The Kier molecular flexibility index (Phi) is 3.25. The quantitative estimate of drug-likeness (QED) is 0.647. The fraction of sp³-hybridized carbons (Fsp3) is 0.111. The van der Waals surface area contributed by atoms with Crippen LogP contribution in [0.4, 0.5) is 0 Å². The summed E-state index contributed by atoms with van der Waals surface area (Å²) in [6, 6.07) is 3.44. The molecule has 2 rings (SSSR count). The van der Waals surface area contributed by atoms with Crippen molar-refractivity contribution in [2.24, 2.45) is 7.05 Å². The lowest BCUT2D eigenvalue weighted by molar-refractivity contribution is 0.112. The summed E-state index contributed by atoms with van der Waals surface area (Å²) < 4.78 is 2.19. The molecule has 0 fully saturated rings. The number of hydrogen-bond acceptors (Lipinski definition) is 6. The van der Waals surface area contributed by atoms with Gasteiger partial charge in [-0.2, -0.15) is 4.98 Å². The van der Waals surface area contributed by atoms with Crippen molar-refractivity contribution in [1.29, 1.82) is 0 Å². The van der Waals surface area contributed by atoms with E-state index in [1.807, 2.05) is 0 Å². The van der Waals surface area contributed by atoms with Crippen LogP contribution >= 0.6 is 23.1 Å². The zero-order chi connectivity index (χ0) is 12.4. The molecule has 0 saturated carbocycles. The van der Waals surface area contributed by atoms with Gasteiger partial charge in [0.05, 0.1) is 9.09 Å². The molecule has 1 N–H and O–H groups in total. The summed E-state index contributed by atoms with van der Waals surface area (Å²) >= 11 is 2.51. The van der Waals surface area contributed by atoms with E-state index in [2.05, 4.69) is 10.1 Å². The van der Waals surface area contributed by atoms with E-state index >= 15 is 0 Å². The van der Waals surface area contributed by atoms with Gasteiger partial charge in [0.15, 0.2) is 11.4 Å². The minimum atomic E-state index is -0.822. The number of hydrogen-bond donors (Lipinski definition) is 1. The van der Waals surface area contributed by atoms with E-state index in [4.69, 9.17) is 0 Å². The number of H-pyrrole nitrogens is 1. The van der Waals surface area contributed by atoms with Crippen molar-refractivity contribution in [3.8, 4) is 0 Å². The second-order valence-electron chi connectivity index (χ2n) is 3.08. The molecule has 17 heavy (non-hydrogen) atoms. The molecule has 6 nitrogen and oxygen atoms in total. The fourth-order valence-corrected chi connectivity index (χ4v) is 2.95. The van der Waals surface area contributed by atoms with Crippen LogP contribution in [-0.2, 0) is 7.05 Å². The Hall–Kier alpha value is -1.67. The van der Waals surface area contributed by atoms with Crippen molar-refractivity contribution >= 4 is 29.4 Å². The lowest BCUT2D eigenvalue weighted by Crippen LogP contribution is -2.33. The van der Waals surface area contributed by atoms with Gasteiger partial charge in [-0.15, -0.1) is 11.3 Å². The number of nitrogens with zero attached hydrogens (tertiary/aromatic N) is 2. The number of aldehydes is 1. The molecule has 0 aromatic carbocycles. The van der Waals surface area contributed by atoms with Gasteiger partial charge in [0.2, 0.25) is 0 Å². The van der Waals surface area contributed by atoms with Gasteiger partial charge < -0.3 is 0 Å². The lowest BCUT2D eigenvalue weighted by atomic mass is 10.5. The minimum absolute atomic E-state index is 0.369. The van der Waals surface area contributed by atoms with Crippen LogP contribution in [-0.4, -0.2) is 21.1 Å². The largest absolute Gasteiger partial charge is 0.339 e. The average Bonchev–Trinajstić information content (AvgIpc) is 2.73. The summed E-state index contributed by atoms with van der Waals surface area (Å²) in [6.07, 6.45) is 0.758. The summed E-state index contributed by atoms with van der Waals surface area (Å²) in [5.74, 6) is 0. The lowest BCUT2D eigenvalue weighted by Gasteiger charge is -2.03. The van der Waals surface area contributed by atoms with Crippen LogP contribution in [0, 0.1) is 0 Å². The Labute approximate surface area is 103 Å². The van der Waals surface area contributed by atoms with Gasteiger partial charge in [0, 0.05) is 7.05 Å². The Morgan fingerprint density at radius 3 is 2.88 bits per heavy atom. The fourth-order valence-electron chi connectivity index (χ4n) is 1.09. The predicted molar refractivity (Wildman–Crippen MR) is 63.9 cm³/mol. The molecule has 0 saturated heterocycles. The number of carbonyl (C=O) groups excluding carboxylic acids is 1. The second-order valence-corrected chi connectivity index (χ2v) is 5.46. The highest BCUT2D eigenvalue weighted by Crippen LogP contribution is 2.30. The van der Waals surface area contributed by atoms with Gasteiger partial charge in [-0.1, -0.05) is 0 Å². The normalized spacial score (nSPS) is 10.4. The molecular weight excluding hydrogens is 262 g/mol. The van der Waals surface area contributed by atoms with Crippen molar-refractivity contribution in [3.63, 3.8) is 0 Å². The summed E-state index contributed by atoms with van der Waals surface area (Å²) in [6.45, 7) is 0. The van der Waals surface area contributed by atoms with Gasteiger partial charge in [-0.05, 0) is 23.9 Å². The summed E-state index contributed by atoms with van der Waals surface area (Å²) in [5.41, 5.74) is -1.57. The zero-order valence-corrected chi connectivity index (χ0v) is 10.3. The van der Waals surface area contributed by atoms with E-state index in [-0.39, 0.29) is 0 Å². The maximum atomic E-state index is 11.1. The van der Waals surface area contributed by atoms with Gasteiger partial charge >= 0.3 is 11.1 Å². The maximum Gasteiger partial charge on any atom is 0.339 e. The molecule has 0 aliphatic heterocycles. The number of aryl methyl sites for hydroxylation is 1. The van der Waals surface area contributed by atoms with Crippen molar-refractivity contribution in [2.45, 2.75) is 9.37 Å². The van der Waals surface area contributed by atoms with E-state index in [1.54, 1.807) is 19.2 Å². The third-order valence-corrected chi connectivity index (χ3v) is 4.05. The Bertz CT molecular complexity index is 671. The molecule has 0 amide bonds. The summed E-state index contributed by atoms with van der Waals surface area (Å²) in [7, 11) is 1.59. The van der Waals surface area contributed by atoms with Gasteiger partial charge in [0.25, 0.3) is 0 Å².